The van der Waals surface area contributed by atoms with Crippen LogP contribution in [-0.2, 0) is 10.0 Å². The van der Waals surface area contributed by atoms with Crippen LogP contribution in [0, 0.1) is 10.1 Å². The first kappa shape index (κ1) is 20.2. The Bertz CT molecular complexity index is 1100. The molecule has 0 unspecified atom stereocenters. The van der Waals surface area contributed by atoms with Crippen molar-refractivity contribution < 1.29 is 18.1 Å². The van der Waals surface area contributed by atoms with Crippen LogP contribution in [0.3, 0.4) is 0 Å². The van der Waals surface area contributed by atoms with Gasteiger partial charge in [-0.3, -0.25) is 14.8 Å². The summed E-state index contributed by atoms with van der Waals surface area (Å²) in [6.45, 7) is 2.54. The molecule has 0 radical (unpaired) electrons. The van der Waals surface area contributed by atoms with Crippen LogP contribution >= 0.6 is 0 Å². The summed E-state index contributed by atoms with van der Waals surface area (Å²) in [4.78, 5) is 10.1. The van der Waals surface area contributed by atoms with E-state index in [2.05, 4.69) is 14.9 Å². The molecule has 1 N–H and O–H groups in total. The van der Waals surface area contributed by atoms with Crippen LogP contribution in [0.4, 0.5) is 11.4 Å². The van der Waals surface area contributed by atoms with Crippen molar-refractivity contribution in [3.05, 3.63) is 70.8 Å². The topological polar surface area (TPSA) is 124 Å². The lowest BCUT2D eigenvalue weighted by Gasteiger charge is -2.09. The molecule has 0 bridgehead atoms. The fraction of sp³-hybridized carbons (Fsp3) is 0.158. The average molecular weight is 414 g/mol. The van der Waals surface area contributed by atoms with Gasteiger partial charge < -0.3 is 4.74 Å². The number of aromatic nitrogens is 2. The van der Waals surface area contributed by atoms with Gasteiger partial charge in [-0.1, -0.05) is 19.1 Å². The highest BCUT2D eigenvalue weighted by atomic mass is 32.2. The van der Waals surface area contributed by atoms with E-state index in [1.165, 1.54) is 12.1 Å². The Hall–Kier alpha value is -3.53. The van der Waals surface area contributed by atoms with Gasteiger partial charge in [0.15, 0.2) is 0 Å². The molecule has 0 fully saturated rings. The van der Waals surface area contributed by atoms with Crippen molar-refractivity contribution in [2.75, 3.05) is 11.3 Å². The minimum atomic E-state index is -3.90. The maximum Gasteiger partial charge on any atom is 0.269 e. The third-order valence-electron chi connectivity index (χ3n) is 3.86. The summed E-state index contributed by atoms with van der Waals surface area (Å²) in [7, 11) is -3.90. The summed E-state index contributed by atoms with van der Waals surface area (Å²) in [5, 5.41) is 18.8. The average Bonchev–Trinajstić information content (AvgIpc) is 2.72. The maximum absolute atomic E-state index is 12.6. The zero-order valence-corrected chi connectivity index (χ0v) is 16.3. The highest BCUT2D eigenvalue weighted by molar-refractivity contribution is 7.92. The molecule has 1 heterocycles. The second-order valence-corrected chi connectivity index (χ2v) is 7.72. The molecule has 150 valence electrons. The van der Waals surface area contributed by atoms with E-state index in [1.807, 2.05) is 6.92 Å². The molecule has 9 nitrogen and oxygen atoms in total. The van der Waals surface area contributed by atoms with E-state index in [0.29, 0.717) is 29.4 Å². The number of rotatable bonds is 8. The first-order chi connectivity index (χ1) is 13.9. The smallest absolute Gasteiger partial charge is 0.269 e. The minimum absolute atomic E-state index is 0.0780. The van der Waals surface area contributed by atoms with Gasteiger partial charge in [-0.15, -0.1) is 10.2 Å². The van der Waals surface area contributed by atoms with E-state index < -0.39 is 14.9 Å². The lowest BCUT2D eigenvalue weighted by molar-refractivity contribution is -0.384. The normalized spacial score (nSPS) is 11.1. The number of anilines is 1. The standard InChI is InChI=1S/C19H18N4O5S/c1-2-12-28-19-11-10-18(20-21-19)14-4-3-5-15(13-14)22-29(26,27)17-8-6-16(7-9-17)23(24)25/h3-11,13,22H,2,12H2,1H3. The number of hydrogen-bond acceptors (Lipinski definition) is 7. The Morgan fingerprint density at radius 2 is 1.83 bits per heavy atom. The predicted octanol–water partition coefficient (Wildman–Crippen LogP) is 3.64. The maximum atomic E-state index is 12.6. The molecule has 0 saturated heterocycles. The quantitative estimate of drug-likeness (QED) is 0.441. The molecular formula is C19H18N4O5S. The number of nitrogens with zero attached hydrogens (tertiary/aromatic N) is 3. The number of hydrogen-bond donors (Lipinski definition) is 1. The SMILES string of the molecule is CCCOc1ccc(-c2cccc(NS(=O)(=O)c3ccc([N+](=O)[O-])cc3)c2)nn1. The summed E-state index contributed by atoms with van der Waals surface area (Å²) >= 11 is 0. The van der Waals surface area contributed by atoms with Gasteiger partial charge in [0.1, 0.15) is 0 Å². The van der Waals surface area contributed by atoms with Crippen LogP contribution < -0.4 is 9.46 Å². The highest BCUT2D eigenvalue weighted by Crippen LogP contribution is 2.24. The van der Waals surface area contributed by atoms with Crippen molar-refractivity contribution >= 4 is 21.4 Å². The fourth-order valence-corrected chi connectivity index (χ4v) is 3.51. The molecule has 0 spiro atoms. The van der Waals surface area contributed by atoms with E-state index in [1.54, 1.807) is 36.4 Å². The predicted molar refractivity (Wildman–Crippen MR) is 107 cm³/mol. The molecule has 1 aromatic heterocycles. The number of nitrogens with one attached hydrogen (secondary N) is 1. The van der Waals surface area contributed by atoms with Crippen LogP contribution in [0.1, 0.15) is 13.3 Å². The Balaban J connectivity index is 1.79. The van der Waals surface area contributed by atoms with Crippen molar-refractivity contribution in [2.24, 2.45) is 0 Å². The molecule has 29 heavy (non-hydrogen) atoms. The van der Waals surface area contributed by atoms with E-state index in [0.717, 1.165) is 18.6 Å². The van der Waals surface area contributed by atoms with Crippen LogP contribution in [0.15, 0.2) is 65.6 Å². The summed E-state index contributed by atoms with van der Waals surface area (Å²) in [5.41, 5.74) is 1.37. The Labute approximate surface area is 167 Å². The molecule has 3 aromatic rings. The zero-order chi connectivity index (χ0) is 20.9. The number of non-ortho nitro benzene ring substituents is 1. The van der Waals surface area contributed by atoms with Crippen molar-refractivity contribution in [3.8, 4) is 17.1 Å². The molecule has 10 heteroatoms. The van der Waals surface area contributed by atoms with Crippen LogP contribution in [0.5, 0.6) is 5.88 Å². The summed E-state index contributed by atoms with van der Waals surface area (Å²) < 4.78 is 33.0. The lowest BCUT2D eigenvalue weighted by atomic mass is 10.1. The molecule has 3 rings (SSSR count). The Morgan fingerprint density at radius 3 is 2.45 bits per heavy atom. The molecule has 0 saturated carbocycles. The van der Waals surface area contributed by atoms with Gasteiger partial charge in [0.25, 0.3) is 15.7 Å². The lowest BCUT2D eigenvalue weighted by Crippen LogP contribution is -2.13. The molecule has 0 amide bonds. The third kappa shape index (κ3) is 5.05. The third-order valence-corrected chi connectivity index (χ3v) is 5.26. The van der Waals surface area contributed by atoms with Gasteiger partial charge in [0.05, 0.1) is 22.1 Å². The van der Waals surface area contributed by atoms with E-state index in [4.69, 9.17) is 4.74 Å². The monoisotopic (exact) mass is 414 g/mol. The molecule has 2 aromatic carbocycles. The van der Waals surface area contributed by atoms with Gasteiger partial charge in [0.2, 0.25) is 5.88 Å². The minimum Gasteiger partial charge on any atom is -0.477 e. The molecule has 0 aliphatic heterocycles. The van der Waals surface area contributed by atoms with E-state index in [9.17, 15) is 18.5 Å². The first-order valence-electron chi connectivity index (χ1n) is 8.73. The van der Waals surface area contributed by atoms with Crippen LogP contribution in [0.25, 0.3) is 11.3 Å². The number of nitro benzene ring substituents is 1. The summed E-state index contributed by atoms with van der Waals surface area (Å²) in [5.74, 6) is 0.422. The first-order valence-corrected chi connectivity index (χ1v) is 10.2. The van der Waals surface area contributed by atoms with Crippen LogP contribution in [0.2, 0.25) is 0 Å². The molecule has 0 aliphatic carbocycles. The molecule has 0 aliphatic rings. The van der Waals surface area contributed by atoms with Crippen molar-refractivity contribution in [1.82, 2.24) is 10.2 Å². The van der Waals surface area contributed by atoms with Crippen molar-refractivity contribution in [1.29, 1.82) is 0 Å². The molecule has 0 atom stereocenters. The number of ether oxygens (including phenoxy) is 1. The Morgan fingerprint density at radius 1 is 1.07 bits per heavy atom. The van der Waals surface area contributed by atoms with E-state index >= 15 is 0 Å². The second kappa shape index (κ2) is 8.65. The van der Waals surface area contributed by atoms with Gasteiger partial charge in [-0.05, 0) is 36.8 Å². The van der Waals surface area contributed by atoms with Crippen LogP contribution in [-0.4, -0.2) is 30.1 Å². The van der Waals surface area contributed by atoms with Gasteiger partial charge in [0, 0.05) is 29.4 Å². The Kier molecular flexibility index (Phi) is 6.03. The molecular weight excluding hydrogens is 396 g/mol. The van der Waals surface area contributed by atoms with Gasteiger partial charge in [-0.25, -0.2) is 8.42 Å². The fourth-order valence-electron chi connectivity index (χ4n) is 2.46. The summed E-state index contributed by atoms with van der Waals surface area (Å²) in [6, 6.07) is 14.8. The number of nitro groups is 1. The largest absolute Gasteiger partial charge is 0.477 e. The zero-order valence-electron chi connectivity index (χ0n) is 15.5. The number of benzene rings is 2. The summed E-state index contributed by atoms with van der Waals surface area (Å²) in [6.07, 6.45) is 0.861. The van der Waals surface area contributed by atoms with Crippen molar-refractivity contribution in [2.45, 2.75) is 18.2 Å². The van der Waals surface area contributed by atoms with E-state index in [-0.39, 0.29) is 10.6 Å². The second-order valence-electron chi connectivity index (χ2n) is 6.04. The number of sulfonamides is 1. The van der Waals surface area contributed by atoms with Crippen molar-refractivity contribution in [3.63, 3.8) is 0 Å². The van der Waals surface area contributed by atoms with Gasteiger partial charge in [-0.2, -0.15) is 0 Å². The highest BCUT2D eigenvalue weighted by Gasteiger charge is 2.16. The van der Waals surface area contributed by atoms with Gasteiger partial charge >= 0.3 is 0 Å².